The van der Waals surface area contributed by atoms with Gasteiger partial charge in [0.15, 0.2) is 0 Å². The van der Waals surface area contributed by atoms with Gasteiger partial charge in [-0.1, -0.05) is 0 Å². The molecule has 0 unspecified atom stereocenters. The highest BCUT2D eigenvalue weighted by Gasteiger charge is 2.13. The van der Waals surface area contributed by atoms with E-state index in [9.17, 15) is 9.18 Å². The molecule has 0 aliphatic rings. The van der Waals surface area contributed by atoms with Crippen molar-refractivity contribution in [2.24, 2.45) is 0 Å². The minimum atomic E-state index is -0.414. The summed E-state index contributed by atoms with van der Waals surface area (Å²) < 4.78 is 14.7. The first-order valence-electron chi connectivity index (χ1n) is 7.23. The number of aryl methyl sites for hydroxylation is 1. The number of hydrogen-bond acceptors (Lipinski definition) is 3. The number of benzene rings is 2. The zero-order valence-corrected chi connectivity index (χ0v) is 14.9. The van der Waals surface area contributed by atoms with E-state index in [2.05, 4.69) is 33.2 Å². The molecule has 0 saturated carbocycles. The standard InChI is InChI=1S/C17H18FIN2O2/c1-11-9-13(19)4-6-15(11)21-16-10-12(18)3-5-14(16)17(23)20-7-2-8-22/h3-6,9-10,21-22H,2,7-8H2,1H3,(H,20,23). The quantitative estimate of drug-likeness (QED) is 0.487. The van der Waals surface area contributed by atoms with Crippen LogP contribution in [0.3, 0.4) is 0 Å². The largest absolute Gasteiger partial charge is 0.396 e. The van der Waals surface area contributed by atoms with Crippen molar-refractivity contribution in [1.29, 1.82) is 0 Å². The van der Waals surface area contributed by atoms with Gasteiger partial charge in [0.2, 0.25) is 0 Å². The highest BCUT2D eigenvalue weighted by Crippen LogP contribution is 2.25. The van der Waals surface area contributed by atoms with Gasteiger partial charge in [-0.2, -0.15) is 0 Å². The Morgan fingerprint density at radius 2 is 2.00 bits per heavy atom. The maximum atomic E-state index is 13.6. The number of hydrogen-bond donors (Lipinski definition) is 3. The van der Waals surface area contributed by atoms with E-state index in [4.69, 9.17) is 5.11 Å². The van der Waals surface area contributed by atoms with Gasteiger partial charge in [0.1, 0.15) is 5.82 Å². The van der Waals surface area contributed by atoms with Crippen molar-refractivity contribution < 1.29 is 14.3 Å². The van der Waals surface area contributed by atoms with Crippen molar-refractivity contribution in [3.8, 4) is 0 Å². The monoisotopic (exact) mass is 428 g/mol. The minimum absolute atomic E-state index is 0.0106. The van der Waals surface area contributed by atoms with Gasteiger partial charge in [-0.15, -0.1) is 0 Å². The van der Waals surface area contributed by atoms with Crippen LogP contribution in [-0.2, 0) is 0 Å². The number of carbonyl (C=O) groups excluding carboxylic acids is 1. The molecule has 4 nitrogen and oxygen atoms in total. The lowest BCUT2D eigenvalue weighted by Gasteiger charge is -2.14. The SMILES string of the molecule is Cc1cc(I)ccc1Nc1cc(F)ccc1C(=O)NCCCO. The van der Waals surface area contributed by atoms with Crippen LogP contribution in [-0.4, -0.2) is 24.2 Å². The zero-order chi connectivity index (χ0) is 16.8. The van der Waals surface area contributed by atoms with Crippen molar-refractivity contribution in [2.75, 3.05) is 18.5 Å². The number of carbonyl (C=O) groups is 1. The molecule has 0 aliphatic carbocycles. The lowest BCUT2D eigenvalue weighted by atomic mass is 10.1. The summed E-state index contributed by atoms with van der Waals surface area (Å²) in [6.45, 7) is 2.33. The number of anilines is 2. The topological polar surface area (TPSA) is 61.4 Å². The summed E-state index contributed by atoms with van der Waals surface area (Å²) in [5.74, 6) is -0.716. The Balaban J connectivity index is 2.26. The van der Waals surface area contributed by atoms with Crippen molar-refractivity contribution in [1.82, 2.24) is 5.32 Å². The third-order valence-corrected chi connectivity index (χ3v) is 3.98. The number of aliphatic hydroxyl groups is 1. The average Bonchev–Trinajstić information content (AvgIpc) is 2.50. The summed E-state index contributed by atoms with van der Waals surface area (Å²) in [5, 5.41) is 14.6. The van der Waals surface area contributed by atoms with E-state index in [1.807, 2.05) is 25.1 Å². The van der Waals surface area contributed by atoms with Gasteiger partial charge in [-0.25, -0.2) is 4.39 Å². The minimum Gasteiger partial charge on any atom is -0.396 e. The van der Waals surface area contributed by atoms with E-state index < -0.39 is 5.82 Å². The molecule has 2 aromatic carbocycles. The second-order valence-corrected chi connectivity index (χ2v) is 6.35. The van der Waals surface area contributed by atoms with Crippen LogP contribution < -0.4 is 10.6 Å². The van der Waals surface area contributed by atoms with Gasteiger partial charge < -0.3 is 15.7 Å². The van der Waals surface area contributed by atoms with Gasteiger partial charge in [-0.05, 0) is 77.9 Å². The summed E-state index contributed by atoms with van der Waals surface area (Å²) in [6.07, 6.45) is 0.478. The molecule has 0 spiro atoms. The fraction of sp³-hybridized carbons (Fsp3) is 0.235. The number of nitrogens with one attached hydrogen (secondary N) is 2. The fourth-order valence-corrected chi connectivity index (χ4v) is 2.75. The van der Waals surface area contributed by atoms with Gasteiger partial charge in [0.25, 0.3) is 5.91 Å². The lowest BCUT2D eigenvalue weighted by Crippen LogP contribution is -2.25. The Bertz CT molecular complexity index is 707. The van der Waals surface area contributed by atoms with Crippen LogP contribution in [0.1, 0.15) is 22.3 Å². The summed E-state index contributed by atoms with van der Waals surface area (Å²) >= 11 is 2.22. The number of rotatable bonds is 6. The van der Waals surface area contributed by atoms with Crippen LogP contribution in [0.25, 0.3) is 0 Å². The molecule has 0 heterocycles. The Morgan fingerprint density at radius 1 is 1.22 bits per heavy atom. The van der Waals surface area contributed by atoms with E-state index in [-0.39, 0.29) is 12.5 Å². The van der Waals surface area contributed by atoms with E-state index in [0.717, 1.165) is 14.8 Å². The highest BCUT2D eigenvalue weighted by molar-refractivity contribution is 14.1. The lowest BCUT2D eigenvalue weighted by molar-refractivity contribution is 0.0952. The van der Waals surface area contributed by atoms with Gasteiger partial charge in [-0.3, -0.25) is 4.79 Å². The molecule has 0 aliphatic heterocycles. The first kappa shape index (κ1) is 17.7. The van der Waals surface area contributed by atoms with Crippen LogP contribution in [0.2, 0.25) is 0 Å². The summed E-state index contributed by atoms with van der Waals surface area (Å²) in [7, 11) is 0. The van der Waals surface area contributed by atoms with E-state index in [1.165, 1.54) is 18.2 Å². The summed E-state index contributed by atoms with van der Waals surface area (Å²) in [4.78, 5) is 12.2. The number of aliphatic hydroxyl groups excluding tert-OH is 1. The molecule has 23 heavy (non-hydrogen) atoms. The Morgan fingerprint density at radius 3 is 2.70 bits per heavy atom. The first-order chi connectivity index (χ1) is 11.0. The van der Waals surface area contributed by atoms with Crippen LogP contribution in [0.4, 0.5) is 15.8 Å². The maximum absolute atomic E-state index is 13.6. The fourth-order valence-electron chi connectivity index (χ4n) is 2.11. The second kappa shape index (κ2) is 8.26. The van der Waals surface area contributed by atoms with Crippen LogP contribution in [0.5, 0.6) is 0 Å². The van der Waals surface area contributed by atoms with Crippen molar-refractivity contribution in [3.05, 3.63) is 56.9 Å². The number of halogens is 2. The molecule has 0 atom stereocenters. The first-order valence-corrected chi connectivity index (χ1v) is 8.31. The van der Waals surface area contributed by atoms with E-state index >= 15 is 0 Å². The predicted molar refractivity (Wildman–Crippen MR) is 97.6 cm³/mol. The molecule has 0 aromatic heterocycles. The van der Waals surface area contributed by atoms with Crippen molar-refractivity contribution in [2.45, 2.75) is 13.3 Å². The third-order valence-electron chi connectivity index (χ3n) is 3.30. The molecule has 1 amide bonds. The predicted octanol–water partition coefficient (Wildman–Crippen LogP) is 3.59. The molecule has 0 fully saturated rings. The van der Waals surface area contributed by atoms with Crippen molar-refractivity contribution >= 4 is 39.9 Å². The maximum Gasteiger partial charge on any atom is 0.253 e. The molecule has 2 aromatic rings. The summed E-state index contributed by atoms with van der Waals surface area (Å²) in [5.41, 5.74) is 2.60. The second-order valence-electron chi connectivity index (χ2n) is 5.11. The number of amides is 1. The molecular weight excluding hydrogens is 410 g/mol. The molecule has 2 rings (SSSR count). The smallest absolute Gasteiger partial charge is 0.253 e. The zero-order valence-electron chi connectivity index (χ0n) is 12.7. The molecule has 6 heteroatoms. The van der Waals surface area contributed by atoms with Gasteiger partial charge in [0.05, 0.1) is 11.3 Å². The Kier molecular flexibility index (Phi) is 6.35. The summed E-state index contributed by atoms with van der Waals surface area (Å²) in [6, 6.07) is 9.86. The molecule has 3 N–H and O–H groups in total. The van der Waals surface area contributed by atoms with E-state index in [0.29, 0.717) is 24.2 Å². The molecule has 122 valence electrons. The van der Waals surface area contributed by atoms with Crippen molar-refractivity contribution in [3.63, 3.8) is 0 Å². The molecule has 0 radical (unpaired) electrons. The molecular formula is C17H18FIN2O2. The van der Waals surface area contributed by atoms with Gasteiger partial charge >= 0.3 is 0 Å². The normalized spacial score (nSPS) is 10.4. The third kappa shape index (κ3) is 4.90. The van der Waals surface area contributed by atoms with Crippen LogP contribution in [0.15, 0.2) is 36.4 Å². The average molecular weight is 428 g/mol. The Labute approximate surface area is 148 Å². The van der Waals surface area contributed by atoms with E-state index in [1.54, 1.807) is 0 Å². The molecule has 0 saturated heterocycles. The Hall–Kier alpha value is -1.67. The van der Waals surface area contributed by atoms with Gasteiger partial charge in [0, 0.05) is 22.4 Å². The van der Waals surface area contributed by atoms with Crippen LogP contribution >= 0.6 is 22.6 Å². The highest BCUT2D eigenvalue weighted by atomic mass is 127. The van der Waals surface area contributed by atoms with Crippen LogP contribution in [0, 0.1) is 16.3 Å². The molecule has 0 bridgehead atoms.